The predicted molar refractivity (Wildman–Crippen MR) is 80.9 cm³/mol. The lowest BCUT2D eigenvalue weighted by molar-refractivity contribution is -0.121. The summed E-state index contributed by atoms with van der Waals surface area (Å²) in [7, 11) is -2.43. The van der Waals surface area contributed by atoms with Gasteiger partial charge in [0, 0.05) is 19.2 Å². The minimum absolute atomic E-state index is 0.0674. The third-order valence-corrected chi connectivity index (χ3v) is 4.50. The van der Waals surface area contributed by atoms with Crippen molar-refractivity contribution in [2.24, 2.45) is 5.73 Å². The molecule has 0 aliphatic heterocycles. The Morgan fingerprint density at radius 3 is 2.67 bits per heavy atom. The molecule has 1 aromatic rings. The Kier molecular flexibility index (Phi) is 6.37. The highest BCUT2D eigenvalue weighted by Gasteiger charge is 2.24. The number of nitrogens with two attached hydrogens (primary N) is 1. The second kappa shape index (κ2) is 7.78. The molecule has 0 aliphatic rings. The number of benzene rings is 1. The van der Waals surface area contributed by atoms with Crippen molar-refractivity contribution in [1.82, 2.24) is 9.62 Å². The summed E-state index contributed by atoms with van der Waals surface area (Å²) in [6.45, 7) is 2.12. The fourth-order valence-electron chi connectivity index (χ4n) is 1.65. The number of hydrogen-bond acceptors (Lipinski definition) is 4. The Morgan fingerprint density at radius 2 is 2.05 bits per heavy atom. The molecule has 0 aromatic heterocycles. The first-order valence-electron chi connectivity index (χ1n) is 6.44. The molecule has 7 heteroatoms. The lowest BCUT2D eigenvalue weighted by Crippen LogP contribution is -2.38. The molecule has 0 heterocycles. The third-order valence-electron chi connectivity index (χ3n) is 2.64. The molecule has 114 valence electrons. The summed E-state index contributed by atoms with van der Waals surface area (Å²) in [6.07, 6.45) is 0. The standard InChI is InChI=1S/C14H19N3O3S/c1-3-16-14(18)11-17(2)21(19,20)13-9-5-4-7-12(13)8-6-10-15/h4-5,7,9H,3,10-11,15H2,1-2H3,(H,16,18). The van der Waals surface area contributed by atoms with E-state index in [4.69, 9.17) is 5.73 Å². The zero-order valence-electron chi connectivity index (χ0n) is 12.1. The van der Waals surface area contributed by atoms with Crippen LogP contribution in [0.5, 0.6) is 0 Å². The van der Waals surface area contributed by atoms with Crippen LogP contribution in [0.4, 0.5) is 0 Å². The van der Waals surface area contributed by atoms with E-state index in [1.54, 1.807) is 25.1 Å². The number of rotatable bonds is 5. The average molecular weight is 309 g/mol. The van der Waals surface area contributed by atoms with Crippen LogP contribution in [0, 0.1) is 11.8 Å². The zero-order chi connectivity index (χ0) is 15.9. The van der Waals surface area contributed by atoms with Crippen LogP contribution in [0.25, 0.3) is 0 Å². The molecule has 0 fully saturated rings. The van der Waals surface area contributed by atoms with Crippen LogP contribution >= 0.6 is 0 Å². The van der Waals surface area contributed by atoms with Gasteiger partial charge >= 0.3 is 0 Å². The first-order chi connectivity index (χ1) is 9.93. The Labute approximate surface area is 125 Å². The van der Waals surface area contributed by atoms with Crippen molar-refractivity contribution < 1.29 is 13.2 Å². The molecular weight excluding hydrogens is 290 g/mol. The fraction of sp³-hybridized carbons (Fsp3) is 0.357. The normalized spacial score (nSPS) is 10.9. The molecule has 1 amide bonds. The summed E-state index contributed by atoms with van der Waals surface area (Å²) in [6, 6.07) is 6.38. The van der Waals surface area contributed by atoms with E-state index >= 15 is 0 Å². The molecule has 0 atom stereocenters. The van der Waals surface area contributed by atoms with Crippen LogP contribution in [0.3, 0.4) is 0 Å². The van der Waals surface area contributed by atoms with Gasteiger partial charge < -0.3 is 11.1 Å². The molecule has 1 aromatic carbocycles. The molecular formula is C14H19N3O3S. The lowest BCUT2D eigenvalue weighted by Gasteiger charge is -2.17. The van der Waals surface area contributed by atoms with Gasteiger partial charge in [0.15, 0.2) is 0 Å². The number of likely N-dealkylation sites (N-methyl/N-ethyl adjacent to an activating group) is 2. The summed E-state index contributed by atoms with van der Waals surface area (Å²) in [5, 5.41) is 2.56. The first-order valence-corrected chi connectivity index (χ1v) is 7.88. The van der Waals surface area contributed by atoms with Crippen LogP contribution in [-0.4, -0.2) is 45.3 Å². The number of carbonyl (C=O) groups excluding carboxylic acids is 1. The number of sulfonamides is 1. The Balaban J connectivity index is 3.10. The Bertz CT molecular complexity index is 660. The van der Waals surface area contributed by atoms with Crippen LogP contribution < -0.4 is 11.1 Å². The van der Waals surface area contributed by atoms with E-state index in [2.05, 4.69) is 17.2 Å². The molecule has 0 saturated carbocycles. The number of nitrogens with one attached hydrogen (secondary N) is 1. The first kappa shape index (κ1) is 17.2. The van der Waals surface area contributed by atoms with Gasteiger partial charge in [-0.05, 0) is 19.1 Å². The quantitative estimate of drug-likeness (QED) is 0.734. The maximum atomic E-state index is 12.5. The molecule has 0 unspecified atom stereocenters. The minimum Gasteiger partial charge on any atom is -0.355 e. The summed E-state index contributed by atoms with van der Waals surface area (Å²) in [4.78, 5) is 11.6. The molecule has 6 nitrogen and oxygen atoms in total. The van der Waals surface area contributed by atoms with E-state index < -0.39 is 10.0 Å². The van der Waals surface area contributed by atoms with Gasteiger partial charge in [-0.1, -0.05) is 24.0 Å². The van der Waals surface area contributed by atoms with Crippen molar-refractivity contribution in [2.45, 2.75) is 11.8 Å². The lowest BCUT2D eigenvalue weighted by atomic mass is 10.2. The van der Waals surface area contributed by atoms with Gasteiger partial charge in [0.25, 0.3) is 0 Å². The predicted octanol–water partition coefficient (Wildman–Crippen LogP) is -0.247. The van der Waals surface area contributed by atoms with Gasteiger partial charge in [-0.15, -0.1) is 0 Å². The Hall–Kier alpha value is -1.88. The molecule has 21 heavy (non-hydrogen) atoms. The van der Waals surface area contributed by atoms with Crippen molar-refractivity contribution in [2.75, 3.05) is 26.7 Å². The second-order valence-corrected chi connectivity index (χ2v) is 6.23. The van der Waals surface area contributed by atoms with Gasteiger partial charge in [-0.3, -0.25) is 4.79 Å². The number of carbonyl (C=O) groups is 1. The van der Waals surface area contributed by atoms with Crippen LogP contribution in [0.1, 0.15) is 12.5 Å². The molecule has 0 spiro atoms. The molecule has 3 N–H and O–H groups in total. The minimum atomic E-state index is -3.78. The van der Waals surface area contributed by atoms with E-state index in [0.717, 1.165) is 4.31 Å². The van der Waals surface area contributed by atoms with Crippen LogP contribution in [0.2, 0.25) is 0 Å². The molecule has 0 saturated heterocycles. The highest BCUT2D eigenvalue weighted by atomic mass is 32.2. The highest BCUT2D eigenvalue weighted by molar-refractivity contribution is 7.89. The van der Waals surface area contributed by atoms with Crippen LogP contribution in [-0.2, 0) is 14.8 Å². The maximum Gasteiger partial charge on any atom is 0.244 e. The molecule has 0 aliphatic carbocycles. The van der Waals surface area contributed by atoms with Crippen molar-refractivity contribution in [3.8, 4) is 11.8 Å². The van der Waals surface area contributed by atoms with E-state index in [-0.39, 0.29) is 23.9 Å². The molecule has 0 radical (unpaired) electrons. The van der Waals surface area contributed by atoms with Crippen molar-refractivity contribution in [1.29, 1.82) is 0 Å². The van der Waals surface area contributed by atoms with E-state index in [9.17, 15) is 13.2 Å². The maximum absolute atomic E-state index is 12.5. The SMILES string of the molecule is CCNC(=O)CN(C)S(=O)(=O)c1ccccc1C#CCN. The van der Waals surface area contributed by atoms with E-state index in [1.165, 1.54) is 13.1 Å². The van der Waals surface area contributed by atoms with Crippen molar-refractivity contribution >= 4 is 15.9 Å². The number of amides is 1. The zero-order valence-corrected chi connectivity index (χ0v) is 12.9. The highest BCUT2D eigenvalue weighted by Crippen LogP contribution is 2.18. The topological polar surface area (TPSA) is 92.5 Å². The van der Waals surface area contributed by atoms with E-state index in [1.807, 2.05) is 0 Å². The van der Waals surface area contributed by atoms with Crippen molar-refractivity contribution in [3.63, 3.8) is 0 Å². The Morgan fingerprint density at radius 1 is 1.38 bits per heavy atom. The largest absolute Gasteiger partial charge is 0.355 e. The monoisotopic (exact) mass is 309 g/mol. The van der Waals surface area contributed by atoms with Gasteiger partial charge in [-0.25, -0.2) is 8.42 Å². The average Bonchev–Trinajstić information content (AvgIpc) is 2.45. The fourth-order valence-corrected chi connectivity index (χ4v) is 2.92. The third kappa shape index (κ3) is 4.56. The van der Waals surface area contributed by atoms with Gasteiger partial charge in [0.2, 0.25) is 15.9 Å². The molecule has 0 bridgehead atoms. The van der Waals surface area contributed by atoms with Gasteiger partial charge in [-0.2, -0.15) is 4.31 Å². The van der Waals surface area contributed by atoms with Gasteiger partial charge in [0.05, 0.1) is 18.0 Å². The summed E-state index contributed by atoms with van der Waals surface area (Å²) >= 11 is 0. The summed E-state index contributed by atoms with van der Waals surface area (Å²) in [5.74, 6) is 5.01. The van der Waals surface area contributed by atoms with E-state index in [0.29, 0.717) is 12.1 Å². The molecule has 1 rings (SSSR count). The smallest absolute Gasteiger partial charge is 0.244 e. The van der Waals surface area contributed by atoms with Crippen LogP contribution in [0.15, 0.2) is 29.2 Å². The second-order valence-electron chi connectivity index (χ2n) is 4.22. The van der Waals surface area contributed by atoms with Crippen molar-refractivity contribution in [3.05, 3.63) is 29.8 Å². The summed E-state index contributed by atoms with van der Waals surface area (Å²) in [5.41, 5.74) is 5.67. The number of nitrogens with zero attached hydrogens (tertiary/aromatic N) is 1. The summed E-state index contributed by atoms with van der Waals surface area (Å²) < 4.78 is 26.0. The number of hydrogen-bond donors (Lipinski definition) is 2. The van der Waals surface area contributed by atoms with Gasteiger partial charge in [0.1, 0.15) is 0 Å².